The first-order valence-corrected chi connectivity index (χ1v) is 4.33. The highest BCUT2D eigenvalue weighted by Gasteiger charge is 2.31. The quantitative estimate of drug-likeness (QED) is 0.382. The summed E-state index contributed by atoms with van der Waals surface area (Å²) in [6, 6.07) is 0. The molecule has 0 rings (SSSR count). The number of nitrogens with zero attached hydrogens (tertiary/aromatic N) is 1. The second-order valence-corrected chi connectivity index (χ2v) is 4.03. The molecule has 0 aliphatic carbocycles. The normalized spacial score (nSPS) is 11.2. The van der Waals surface area contributed by atoms with Crippen molar-refractivity contribution in [3.63, 3.8) is 0 Å². The summed E-state index contributed by atoms with van der Waals surface area (Å²) < 4.78 is 4.54. The van der Waals surface area contributed by atoms with Gasteiger partial charge in [0.2, 0.25) is 0 Å². The lowest BCUT2D eigenvalue weighted by Crippen LogP contribution is -2.37. The van der Waals surface area contributed by atoms with Crippen LogP contribution in [0.1, 0.15) is 13.8 Å². The van der Waals surface area contributed by atoms with Crippen LogP contribution in [-0.4, -0.2) is 37.5 Å². The van der Waals surface area contributed by atoms with Crippen molar-refractivity contribution in [1.82, 2.24) is 4.90 Å². The number of hydrogen-bond donors (Lipinski definition) is 0. The van der Waals surface area contributed by atoms with Gasteiger partial charge in [-0.05, 0) is 27.9 Å². The lowest BCUT2D eigenvalue weighted by Gasteiger charge is -2.25. The Morgan fingerprint density at radius 2 is 1.93 bits per heavy atom. The van der Waals surface area contributed by atoms with E-state index in [2.05, 4.69) is 11.3 Å². The van der Waals surface area contributed by atoms with Gasteiger partial charge in [-0.25, -0.2) is 4.79 Å². The second kappa shape index (κ2) is 4.91. The summed E-state index contributed by atoms with van der Waals surface area (Å²) in [4.78, 5) is 24.1. The highest BCUT2D eigenvalue weighted by Crippen LogP contribution is 2.18. The average molecular weight is 199 g/mol. The van der Waals surface area contributed by atoms with Gasteiger partial charge in [-0.1, -0.05) is 6.58 Å². The van der Waals surface area contributed by atoms with E-state index in [1.54, 1.807) is 13.8 Å². The van der Waals surface area contributed by atoms with Crippen LogP contribution >= 0.6 is 0 Å². The third-order valence-corrected chi connectivity index (χ3v) is 1.62. The molecule has 0 unspecified atom stereocenters. The molecule has 0 atom stereocenters. The van der Waals surface area contributed by atoms with Crippen molar-refractivity contribution >= 4 is 11.9 Å². The standard InChI is InChI=1S/C10H17NO3/c1-6-8(12)14-9(13)10(2,3)7-11(4)5/h6H,1,7H2,2-5H3. The van der Waals surface area contributed by atoms with Gasteiger partial charge in [-0.15, -0.1) is 0 Å². The minimum absolute atomic E-state index is 0.524. The molecule has 0 spiro atoms. The molecule has 14 heavy (non-hydrogen) atoms. The Labute approximate surface area is 84.5 Å². The molecule has 0 aromatic heterocycles. The lowest BCUT2D eigenvalue weighted by molar-refractivity contribution is -0.163. The number of esters is 2. The predicted octanol–water partition coefficient (Wildman–Crippen LogP) is 0.830. The van der Waals surface area contributed by atoms with Crippen LogP contribution in [0.15, 0.2) is 12.7 Å². The maximum atomic E-state index is 11.5. The molecule has 0 radical (unpaired) electrons. The lowest BCUT2D eigenvalue weighted by atomic mass is 9.93. The predicted molar refractivity (Wildman–Crippen MR) is 53.6 cm³/mol. The zero-order valence-electron chi connectivity index (χ0n) is 9.16. The monoisotopic (exact) mass is 199 g/mol. The van der Waals surface area contributed by atoms with E-state index in [1.807, 2.05) is 19.0 Å². The van der Waals surface area contributed by atoms with Gasteiger partial charge in [0.25, 0.3) is 0 Å². The second-order valence-electron chi connectivity index (χ2n) is 4.03. The Bertz CT molecular complexity index is 244. The minimum Gasteiger partial charge on any atom is -0.389 e. The maximum absolute atomic E-state index is 11.5. The molecular weight excluding hydrogens is 182 g/mol. The molecule has 0 saturated carbocycles. The number of ether oxygens (including phenoxy) is 1. The van der Waals surface area contributed by atoms with Crippen molar-refractivity contribution in [2.75, 3.05) is 20.6 Å². The van der Waals surface area contributed by atoms with Crippen LogP contribution in [0.25, 0.3) is 0 Å². The Morgan fingerprint density at radius 1 is 1.43 bits per heavy atom. The van der Waals surface area contributed by atoms with Crippen LogP contribution in [0, 0.1) is 5.41 Å². The summed E-state index contributed by atoms with van der Waals surface area (Å²) >= 11 is 0. The number of hydrogen-bond acceptors (Lipinski definition) is 4. The highest BCUT2D eigenvalue weighted by atomic mass is 16.6. The SMILES string of the molecule is C=CC(=O)OC(=O)C(C)(C)CN(C)C. The largest absolute Gasteiger partial charge is 0.389 e. The molecule has 80 valence electrons. The molecule has 0 N–H and O–H groups in total. The van der Waals surface area contributed by atoms with Gasteiger partial charge in [-0.3, -0.25) is 4.79 Å². The van der Waals surface area contributed by atoms with Gasteiger partial charge in [0, 0.05) is 12.6 Å². The average Bonchev–Trinajstić information content (AvgIpc) is 2.01. The summed E-state index contributed by atoms with van der Waals surface area (Å²) in [5.74, 6) is -1.24. The summed E-state index contributed by atoms with van der Waals surface area (Å²) in [5.41, 5.74) is -0.692. The minimum atomic E-state index is -0.707. The first-order valence-electron chi connectivity index (χ1n) is 4.33. The van der Waals surface area contributed by atoms with Crippen LogP contribution in [0.3, 0.4) is 0 Å². The summed E-state index contributed by atoms with van der Waals surface area (Å²) in [6.45, 7) is 7.20. The van der Waals surface area contributed by atoms with Crippen molar-refractivity contribution in [3.8, 4) is 0 Å². The Hall–Kier alpha value is -1.16. The fraction of sp³-hybridized carbons (Fsp3) is 0.600. The van der Waals surface area contributed by atoms with Gasteiger partial charge in [0.1, 0.15) is 0 Å². The molecule has 0 heterocycles. The fourth-order valence-electron chi connectivity index (χ4n) is 1.13. The molecule has 0 aliphatic rings. The van der Waals surface area contributed by atoms with E-state index >= 15 is 0 Å². The van der Waals surface area contributed by atoms with Crippen molar-refractivity contribution in [2.24, 2.45) is 5.41 Å². The summed E-state index contributed by atoms with van der Waals surface area (Å²) in [6.07, 6.45) is 0.976. The topological polar surface area (TPSA) is 46.6 Å². The summed E-state index contributed by atoms with van der Waals surface area (Å²) in [7, 11) is 3.70. The third-order valence-electron chi connectivity index (χ3n) is 1.62. The van der Waals surface area contributed by atoms with Gasteiger partial charge < -0.3 is 9.64 Å². The number of rotatable bonds is 4. The van der Waals surface area contributed by atoms with Crippen LogP contribution in [0.4, 0.5) is 0 Å². The molecule has 0 amide bonds. The van der Waals surface area contributed by atoms with Crippen LogP contribution in [0.2, 0.25) is 0 Å². The van der Waals surface area contributed by atoms with Gasteiger partial charge >= 0.3 is 11.9 Å². The van der Waals surface area contributed by atoms with Crippen molar-refractivity contribution in [1.29, 1.82) is 0 Å². The molecule has 0 aromatic carbocycles. The van der Waals surface area contributed by atoms with E-state index in [9.17, 15) is 9.59 Å². The smallest absolute Gasteiger partial charge is 0.337 e. The van der Waals surface area contributed by atoms with Gasteiger partial charge in [-0.2, -0.15) is 0 Å². The van der Waals surface area contributed by atoms with Crippen LogP contribution in [-0.2, 0) is 14.3 Å². The molecule has 4 heteroatoms. The van der Waals surface area contributed by atoms with Crippen LogP contribution < -0.4 is 0 Å². The number of carbonyl (C=O) groups excluding carboxylic acids is 2. The zero-order valence-corrected chi connectivity index (χ0v) is 9.16. The first kappa shape index (κ1) is 12.8. The van der Waals surface area contributed by atoms with Crippen molar-refractivity contribution in [3.05, 3.63) is 12.7 Å². The molecule has 0 saturated heterocycles. The molecule has 0 aromatic rings. The number of carbonyl (C=O) groups is 2. The molecule has 0 aliphatic heterocycles. The molecule has 0 bridgehead atoms. The maximum Gasteiger partial charge on any atom is 0.337 e. The summed E-state index contributed by atoms with van der Waals surface area (Å²) in [5, 5.41) is 0. The Kier molecular flexibility index (Phi) is 4.50. The van der Waals surface area contributed by atoms with Gasteiger partial charge in [0.15, 0.2) is 0 Å². The van der Waals surface area contributed by atoms with Gasteiger partial charge in [0.05, 0.1) is 5.41 Å². The van der Waals surface area contributed by atoms with Crippen molar-refractivity contribution < 1.29 is 14.3 Å². The fourth-order valence-corrected chi connectivity index (χ4v) is 1.13. The van der Waals surface area contributed by atoms with E-state index < -0.39 is 17.4 Å². The Morgan fingerprint density at radius 3 is 2.29 bits per heavy atom. The first-order chi connectivity index (χ1) is 6.29. The van der Waals surface area contributed by atoms with E-state index in [0.717, 1.165) is 6.08 Å². The Balaban J connectivity index is 4.35. The molecular formula is C10H17NO3. The zero-order chi connectivity index (χ0) is 11.4. The van der Waals surface area contributed by atoms with E-state index in [0.29, 0.717) is 6.54 Å². The molecule has 0 fully saturated rings. The highest BCUT2D eigenvalue weighted by molar-refractivity contribution is 5.93. The van der Waals surface area contributed by atoms with E-state index in [1.165, 1.54) is 0 Å². The van der Waals surface area contributed by atoms with E-state index in [-0.39, 0.29) is 0 Å². The van der Waals surface area contributed by atoms with Crippen molar-refractivity contribution in [2.45, 2.75) is 13.8 Å². The van der Waals surface area contributed by atoms with E-state index in [4.69, 9.17) is 0 Å². The third kappa shape index (κ3) is 4.18. The molecule has 4 nitrogen and oxygen atoms in total. The van der Waals surface area contributed by atoms with Crippen LogP contribution in [0.5, 0.6) is 0 Å².